The van der Waals surface area contributed by atoms with E-state index in [9.17, 15) is 5.26 Å². The molecule has 0 spiro atoms. The topological polar surface area (TPSA) is 48.7 Å². The van der Waals surface area contributed by atoms with E-state index in [1.165, 1.54) is 61.8 Å². The van der Waals surface area contributed by atoms with Crippen LogP contribution >= 0.6 is 0 Å². The van der Waals surface area contributed by atoms with Crippen LogP contribution < -0.4 is 5.32 Å². The average Bonchev–Trinajstić information content (AvgIpc) is 2.55. The highest BCUT2D eigenvalue weighted by molar-refractivity contribution is 5.60. The molecular formula is C18H25N3. The number of hydrogen-bond donors (Lipinski definition) is 1. The van der Waals surface area contributed by atoms with Gasteiger partial charge in [-0.2, -0.15) is 5.26 Å². The zero-order chi connectivity index (χ0) is 14.7. The van der Waals surface area contributed by atoms with Crippen LogP contribution in [0.4, 0.5) is 5.82 Å². The molecule has 0 amide bonds. The summed E-state index contributed by atoms with van der Waals surface area (Å²) in [6, 6.07) is 2.94. The molecule has 1 N–H and O–H groups in total. The zero-order valence-corrected chi connectivity index (χ0v) is 13.0. The maximum Gasteiger partial charge on any atom is 0.144 e. The molecule has 0 atom stereocenters. The number of aryl methyl sites for hydroxylation is 1. The van der Waals surface area contributed by atoms with Gasteiger partial charge in [-0.3, -0.25) is 0 Å². The minimum atomic E-state index is 0.504. The number of rotatable bonds is 3. The molecule has 21 heavy (non-hydrogen) atoms. The van der Waals surface area contributed by atoms with Gasteiger partial charge in [0.1, 0.15) is 11.9 Å². The van der Waals surface area contributed by atoms with E-state index in [1.807, 2.05) is 0 Å². The number of fused-ring (bicyclic) bond motifs is 1. The van der Waals surface area contributed by atoms with Crippen molar-refractivity contribution in [2.45, 2.75) is 77.2 Å². The lowest BCUT2D eigenvalue weighted by atomic mass is 9.87. The SMILES string of the molecule is CCc1nc(NC2CCCCC2)c(C#N)c2c1CCCC2. The van der Waals surface area contributed by atoms with Crippen molar-refractivity contribution in [2.75, 3.05) is 5.32 Å². The summed E-state index contributed by atoms with van der Waals surface area (Å²) in [5, 5.41) is 13.2. The molecule has 0 bridgehead atoms. The molecule has 2 aliphatic carbocycles. The molecule has 112 valence electrons. The van der Waals surface area contributed by atoms with Gasteiger partial charge in [0.2, 0.25) is 0 Å². The number of nitrogens with one attached hydrogen (secondary N) is 1. The van der Waals surface area contributed by atoms with E-state index in [1.54, 1.807) is 0 Å². The Kier molecular flexibility index (Phi) is 4.43. The van der Waals surface area contributed by atoms with Gasteiger partial charge in [0.25, 0.3) is 0 Å². The van der Waals surface area contributed by atoms with Crippen LogP contribution in [0.25, 0.3) is 0 Å². The summed E-state index contributed by atoms with van der Waals surface area (Å²) in [6.45, 7) is 2.17. The first-order valence-corrected chi connectivity index (χ1v) is 8.54. The lowest BCUT2D eigenvalue weighted by Gasteiger charge is -2.27. The van der Waals surface area contributed by atoms with Crippen molar-refractivity contribution in [3.8, 4) is 6.07 Å². The largest absolute Gasteiger partial charge is 0.366 e. The second-order valence-corrected chi connectivity index (χ2v) is 6.39. The summed E-state index contributed by atoms with van der Waals surface area (Å²) in [4.78, 5) is 4.84. The Bertz CT molecular complexity index is 551. The summed E-state index contributed by atoms with van der Waals surface area (Å²) < 4.78 is 0. The molecule has 0 saturated heterocycles. The summed E-state index contributed by atoms with van der Waals surface area (Å²) in [6.07, 6.45) is 11.9. The Morgan fingerprint density at radius 3 is 2.48 bits per heavy atom. The van der Waals surface area contributed by atoms with Gasteiger partial charge in [0.15, 0.2) is 0 Å². The van der Waals surface area contributed by atoms with Gasteiger partial charge in [-0.25, -0.2) is 4.98 Å². The van der Waals surface area contributed by atoms with Crippen LogP contribution in [0.1, 0.15) is 74.3 Å². The predicted molar refractivity (Wildman–Crippen MR) is 85.5 cm³/mol. The fraction of sp³-hybridized carbons (Fsp3) is 0.667. The second-order valence-electron chi connectivity index (χ2n) is 6.39. The maximum absolute atomic E-state index is 9.64. The van der Waals surface area contributed by atoms with E-state index in [-0.39, 0.29) is 0 Å². The smallest absolute Gasteiger partial charge is 0.144 e. The fourth-order valence-corrected chi connectivity index (χ4v) is 3.86. The summed E-state index contributed by atoms with van der Waals surface area (Å²) in [5.41, 5.74) is 4.69. The number of nitrogens with zero attached hydrogens (tertiary/aromatic N) is 2. The van der Waals surface area contributed by atoms with Crippen molar-refractivity contribution in [1.82, 2.24) is 4.98 Å². The van der Waals surface area contributed by atoms with E-state index in [4.69, 9.17) is 4.98 Å². The van der Waals surface area contributed by atoms with Crippen LogP contribution in [-0.2, 0) is 19.3 Å². The quantitative estimate of drug-likeness (QED) is 0.907. The molecule has 3 heteroatoms. The van der Waals surface area contributed by atoms with Crippen molar-refractivity contribution in [3.05, 3.63) is 22.4 Å². The standard InChI is InChI=1S/C18H25N3/c1-2-17-15-11-7-6-10-14(15)16(12-19)18(21-17)20-13-8-4-3-5-9-13/h13H,2-11H2,1H3,(H,20,21). The number of pyridine rings is 1. The van der Waals surface area contributed by atoms with Crippen LogP contribution in [0.3, 0.4) is 0 Å². The lowest BCUT2D eigenvalue weighted by molar-refractivity contribution is 0.461. The number of hydrogen-bond acceptors (Lipinski definition) is 3. The van der Waals surface area contributed by atoms with Crippen LogP contribution in [-0.4, -0.2) is 11.0 Å². The van der Waals surface area contributed by atoms with E-state index in [0.717, 1.165) is 30.6 Å². The van der Waals surface area contributed by atoms with Crippen LogP contribution in [0.5, 0.6) is 0 Å². The third kappa shape index (κ3) is 2.90. The zero-order valence-electron chi connectivity index (χ0n) is 13.0. The Labute approximate surface area is 127 Å². The molecule has 1 saturated carbocycles. The third-order valence-corrected chi connectivity index (χ3v) is 4.99. The number of aromatic nitrogens is 1. The van der Waals surface area contributed by atoms with Gasteiger partial charge in [0, 0.05) is 11.7 Å². The molecule has 0 radical (unpaired) electrons. The van der Waals surface area contributed by atoms with Gasteiger partial charge >= 0.3 is 0 Å². The highest BCUT2D eigenvalue weighted by Crippen LogP contribution is 2.32. The van der Waals surface area contributed by atoms with Crippen molar-refractivity contribution < 1.29 is 0 Å². The van der Waals surface area contributed by atoms with Gasteiger partial charge in [-0.15, -0.1) is 0 Å². The van der Waals surface area contributed by atoms with Crippen molar-refractivity contribution >= 4 is 5.82 Å². The number of nitriles is 1. The Morgan fingerprint density at radius 1 is 1.10 bits per heavy atom. The number of anilines is 1. The molecule has 0 aliphatic heterocycles. The molecule has 3 rings (SSSR count). The Balaban J connectivity index is 1.96. The van der Waals surface area contributed by atoms with E-state index in [0.29, 0.717) is 6.04 Å². The van der Waals surface area contributed by atoms with Gasteiger partial charge in [0.05, 0.1) is 5.56 Å². The minimum absolute atomic E-state index is 0.504. The fourth-order valence-electron chi connectivity index (χ4n) is 3.86. The van der Waals surface area contributed by atoms with Crippen LogP contribution in [0.2, 0.25) is 0 Å². The predicted octanol–water partition coefficient (Wildman–Crippen LogP) is 4.14. The first kappa shape index (κ1) is 14.4. The summed E-state index contributed by atoms with van der Waals surface area (Å²) in [7, 11) is 0. The first-order chi connectivity index (χ1) is 10.3. The molecule has 1 heterocycles. The first-order valence-electron chi connectivity index (χ1n) is 8.54. The second kappa shape index (κ2) is 6.47. The molecule has 2 aliphatic rings. The normalized spacial score (nSPS) is 18.9. The van der Waals surface area contributed by atoms with E-state index in [2.05, 4.69) is 18.3 Å². The molecule has 1 fully saturated rings. The van der Waals surface area contributed by atoms with Gasteiger partial charge < -0.3 is 5.32 Å². The van der Waals surface area contributed by atoms with Crippen LogP contribution in [0.15, 0.2) is 0 Å². The van der Waals surface area contributed by atoms with E-state index < -0.39 is 0 Å². The Hall–Kier alpha value is -1.56. The van der Waals surface area contributed by atoms with E-state index >= 15 is 0 Å². The minimum Gasteiger partial charge on any atom is -0.366 e. The lowest BCUT2D eigenvalue weighted by Crippen LogP contribution is -2.25. The van der Waals surface area contributed by atoms with Crippen molar-refractivity contribution in [2.24, 2.45) is 0 Å². The van der Waals surface area contributed by atoms with Gasteiger partial charge in [-0.1, -0.05) is 26.2 Å². The molecule has 1 aromatic heterocycles. The summed E-state index contributed by atoms with van der Waals surface area (Å²) in [5.74, 6) is 0.863. The maximum atomic E-state index is 9.64. The third-order valence-electron chi connectivity index (χ3n) is 4.99. The Morgan fingerprint density at radius 2 is 1.81 bits per heavy atom. The molecule has 0 aromatic carbocycles. The molecule has 1 aromatic rings. The highest BCUT2D eigenvalue weighted by atomic mass is 15.0. The van der Waals surface area contributed by atoms with Gasteiger partial charge in [-0.05, 0) is 56.1 Å². The average molecular weight is 283 g/mol. The molecule has 3 nitrogen and oxygen atoms in total. The monoisotopic (exact) mass is 283 g/mol. The van der Waals surface area contributed by atoms with Crippen molar-refractivity contribution in [1.29, 1.82) is 5.26 Å². The summed E-state index contributed by atoms with van der Waals surface area (Å²) >= 11 is 0. The van der Waals surface area contributed by atoms with Crippen molar-refractivity contribution in [3.63, 3.8) is 0 Å². The molecule has 0 unspecified atom stereocenters. The van der Waals surface area contributed by atoms with Crippen LogP contribution in [0, 0.1) is 11.3 Å². The highest BCUT2D eigenvalue weighted by Gasteiger charge is 2.23. The molecular weight excluding hydrogens is 258 g/mol.